The van der Waals surface area contributed by atoms with Crippen LogP contribution in [0.15, 0.2) is 17.5 Å². The highest BCUT2D eigenvalue weighted by Crippen LogP contribution is 2.31. The summed E-state index contributed by atoms with van der Waals surface area (Å²) in [7, 11) is 0. The lowest BCUT2D eigenvalue weighted by Gasteiger charge is -2.45. The van der Waals surface area contributed by atoms with Gasteiger partial charge in [0, 0.05) is 16.8 Å². The van der Waals surface area contributed by atoms with Crippen molar-refractivity contribution in [3.8, 4) is 0 Å². The predicted molar refractivity (Wildman–Crippen MR) is 85.4 cm³/mol. The van der Waals surface area contributed by atoms with Crippen LogP contribution in [0, 0.1) is 0 Å². The first-order chi connectivity index (χ1) is 9.71. The molecule has 1 saturated heterocycles. The summed E-state index contributed by atoms with van der Waals surface area (Å²) >= 11 is 1.69. The maximum Gasteiger partial charge on any atom is 0.248 e. The number of nitrogens with zero attached hydrogens (tertiary/aromatic N) is 1. The maximum absolute atomic E-state index is 12.8. The molecule has 1 aromatic rings. The molecule has 1 aliphatic heterocycles. The predicted octanol–water partition coefficient (Wildman–Crippen LogP) is 2.54. The van der Waals surface area contributed by atoms with Crippen LogP contribution in [0.2, 0.25) is 0 Å². The van der Waals surface area contributed by atoms with Gasteiger partial charge in [-0.1, -0.05) is 26.8 Å². The fourth-order valence-electron chi connectivity index (χ4n) is 2.68. The number of hydrogen-bond donors (Lipinski definition) is 1. The van der Waals surface area contributed by atoms with Crippen molar-refractivity contribution in [3.05, 3.63) is 22.4 Å². The SMILES string of the molecule is CCC1(C)NC(=O)C(C)N(CC(C)(C)c2cccs2)C1=O. The van der Waals surface area contributed by atoms with Crippen LogP contribution in [-0.4, -0.2) is 34.8 Å². The largest absolute Gasteiger partial charge is 0.340 e. The molecule has 1 aromatic heterocycles. The van der Waals surface area contributed by atoms with E-state index in [9.17, 15) is 9.59 Å². The fraction of sp³-hybridized carbons (Fsp3) is 0.625. The van der Waals surface area contributed by atoms with Gasteiger partial charge in [0.2, 0.25) is 11.8 Å². The van der Waals surface area contributed by atoms with E-state index < -0.39 is 11.6 Å². The van der Waals surface area contributed by atoms with Crippen LogP contribution in [0.25, 0.3) is 0 Å². The third-order valence-electron chi connectivity index (χ3n) is 4.44. The van der Waals surface area contributed by atoms with E-state index in [4.69, 9.17) is 0 Å². The average Bonchev–Trinajstić information content (AvgIpc) is 2.96. The van der Waals surface area contributed by atoms with Gasteiger partial charge in [-0.05, 0) is 31.7 Å². The zero-order valence-electron chi connectivity index (χ0n) is 13.4. The van der Waals surface area contributed by atoms with Crippen LogP contribution in [0.1, 0.15) is 45.9 Å². The van der Waals surface area contributed by atoms with Crippen LogP contribution in [-0.2, 0) is 15.0 Å². The zero-order chi connectivity index (χ0) is 15.8. The third-order valence-corrected chi connectivity index (χ3v) is 5.68. The second-order valence-corrected chi connectivity index (χ2v) is 7.59. The molecule has 4 nitrogen and oxygen atoms in total. The Morgan fingerprint density at radius 1 is 1.43 bits per heavy atom. The number of hydrogen-bond acceptors (Lipinski definition) is 3. The normalized spacial score (nSPS) is 26.9. The summed E-state index contributed by atoms with van der Waals surface area (Å²) in [4.78, 5) is 28.0. The van der Waals surface area contributed by atoms with E-state index in [1.165, 1.54) is 4.88 Å². The molecule has 116 valence electrons. The molecule has 0 radical (unpaired) electrons. The van der Waals surface area contributed by atoms with Crippen LogP contribution in [0.5, 0.6) is 0 Å². The molecule has 21 heavy (non-hydrogen) atoms. The van der Waals surface area contributed by atoms with Crippen molar-refractivity contribution in [1.29, 1.82) is 0 Å². The maximum atomic E-state index is 12.8. The first-order valence-electron chi connectivity index (χ1n) is 7.38. The molecule has 1 N–H and O–H groups in total. The van der Waals surface area contributed by atoms with Gasteiger partial charge in [0.05, 0.1) is 0 Å². The number of rotatable bonds is 4. The molecule has 0 saturated carbocycles. The summed E-state index contributed by atoms with van der Waals surface area (Å²) in [5, 5.41) is 4.91. The molecule has 2 rings (SSSR count). The number of carbonyl (C=O) groups excluding carboxylic acids is 2. The van der Waals surface area contributed by atoms with Crippen LogP contribution in [0.4, 0.5) is 0 Å². The first kappa shape index (κ1) is 16.0. The second-order valence-electron chi connectivity index (χ2n) is 6.65. The summed E-state index contributed by atoms with van der Waals surface area (Å²) in [5.74, 6) is -0.0531. The molecule has 2 heterocycles. The minimum Gasteiger partial charge on any atom is -0.340 e. The fourth-order valence-corrected chi connectivity index (χ4v) is 3.52. The Kier molecular flexibility index (Phi) is 4.15. The smallest absolute Gasteiger partial charge is 0.248 e. The molecule has 0 bridgehead atoms. The highest BCUT2D eigenvalue weighted by Gasteiger charge is 2.46. The van der Waals surface area contributed by atoms with Crippen molar-refractivity contribution in [2.45, 2.75) is 58.0 Å². The van der Waals surface area contributed by atoms with E-state index in [2.05, 4.69) is 25.2 Å². The second kappa shape index (κ2) is 5.44. The van der Waals surface area contributed by atoms with Gasteiger partial charge in [-0.25, -0.2) is 0 Å². The topological polar surface area (TPSA) is 49.4 Å². The lowest BCUT2D eigenvalue weighted by atomic mass is 9.86. The Balaban J connectivity index is 2.28. The third kappa shape index (κ3) is 2.84. The molecule has 2 amide bonds. The van der Waals surface area contributed by atoms with Crippen LogP contribution < -0.4 is 5.32 Å². The standard InChI is InChI=1S/C16H24N2O2S/c1-6-16(5)14(20)18(11(2)13(19)17-16)10-15(3,4)12-8-7-9-21-12/h7-9,11H,6,10H2,1-5H3,(H,17,19). The van der Waals surface area contributed by atoms with Crippen molar-refractivity contribution in [2.24, 2.45) is 0 Å². The number of nitrogens with one attached hydrogen (secondary N) is 1. The number of piperazine rings is 1. The van der Waals surface area contributed by atoms with E-state index in [0.29, 0.717) is 13.0 Å². The average molecular weight is 308 g/mol. The van der Waals surface area contributed by atoms with E-state index >= 15 is 0 Å². The van der Waals surface area contributed by atoms with Crippen molar-refractivity contribution in [1.82, 2.24) is 10.2 Å². The summed E-state index contributed by atoms with van der Waals surface area (Å²) in [6, 6.07) is 3.69. The molecule has 0 aromatic carbocycles. The molecule has 0 aliphatic carbocycles. The van der Waals surface area contributed by atoms with E-state index in [1.807, 2.05) is 25.3 Å². The molecule has 1 fully saturated rings. The van der Waals surface area contributed by atoms with E-state index in [0.717, 1.165) is 0 Å². The lowest BCUT2D eigenvalue weighted by Crippen LogP contribution is -2.69. The molecular formula is C16H24N2O2S. The first-order valence-corrected chi connectivity index (χ1v) is 8.26. The molecule has 2 atom stereocenters. The van der Waals surface area contributed by atoms with Crippen molar-refractivity contribution >= 4 is 23.2 Å². The van der Waals surface area contributed by atoms with Gasteiger partial charge < -0.3 is 10.2 Å². The summed E-state index contributed by atoms with van der Waals surface area (Å²) in [6.07, 6.45) is 0.597. The Morgan fingerprint density at radius 2 is 2.10 bits per heavy atom. The monoisotopic (exact) mass is 308 g/mol. The van der Waals surface area contributed by atoms with E-state index in [1.54, 1.807) is 23.2 Å². The van der Waals surface area contributed by atoms with Gasteiger partial charge in [0.1, 0.15) is 11.6 Å². The Labute approximate surface area is 130 Å². The molecule has 5 heteroatoms. The molecule has 2 unspecified atom stereocenters. The highest BCUT2D eigenvalue weighted by atomic mass is 32.1. The van der Waals surface area contributed by atoms with Crippen LogP contribution >= 0.6 is 11.3 Å². The Bertz CT molecular complexity index is 538. The molecular weight excluding hydrogens is 284 g/mol. The van der Waals surface area contributed by atoms with Crippen LogP contribution in [0.3, 0.4) is 0 Å². The number of amides is 2. The highest BCUT2D eigenvalue weighted by molar-refractivity contribution is 7.10. The summed E-state index contributed by atoms with van der Waals surface area (Å²) in [6.45, 7) is 10.3. The van der Waals surface area contributed by atoms with Gasteiger partial charge in [0.25, 0.3) is 0 Å². The van der Waals surface area contributed by atoms with Gasteiger partial charge in [-0.2, -0.15) is 0 Å². The van der Waals surface area contributed by atoms with Gasteiger partial charge in [-0.3, -0.25) is 9.59 Å². The van der Waals surface area contributed by atoms with Gasteiger partial charge in [0.15, 0.2) is 0 Å². The van der Waals surface area contributed by atoms with Crippen molar-refractivity contribution < 1.29 is 9.59 Å². The van der Waals surface area contributed by atoms with Gasteiger partial charge in [-0.15, -0.1) is 11.3 Å². The summed E-state index contributed by atoms with van der Waals surface area (Å²) in [5.41, 5.74) is -0.945. The lowest BCUT2D eigenvalue weighted by molar-refractivity contribution is -0.154. The van der Waals surface area contributed by atoms with Crippen molar-refractivity contribution in [2.75, 3.05) is 6.54 Å². The minimum absolute atomic E-state index is 0.0155. The zero-order valence-corrected chi connectivity index (χ0v) is 14.2. The summed E-state index contributed by atoms with van der Waals surface area (Å²) < 4.78 is 0. The Hall–Kier alpha value is -1.36. The minimum atomic E-state index is -0.783. The van der Waals surface area contributed by atoms with Crippen molar-refractivity contribution in [3.63, 3.8) is 0 Å². The Morgan fingerprint density at radius 3 is 2.62 bits per heavy atom. The van der Waals surface area contributed by atoms with Gasteiger partial charge >= 0.3 is 0 Å². The van der Waals surface area contributed by atoms with E-state index in [-0.39, 0.29) is 17.2 Å². The number of thiophene rings is 1. The number of carbonyl (C=O) groups is 2. The molecule has 0 spiro atoms. The molecule has 1 aliphatic rings. The quantitative estimate of drug-likeness (QED) is 0.929.